The van der Waals surface area contributed by atoms with Crippen molar-refractivity contribution < 1.29 is 8.78 Å². The molecular formula is C12H13F2N3. The van der Waals surface area contributed by atoms with E-state index >= 15 is 0 Å². The molecule has 17 heavy (non-hydrogen) atoms. The van der Waals surface area contributed by atoms with Crippen LogP contribution in [0.1, 0.15) is 24.2 Å². The van der Waals surface area contributed by atoms with E-state index in [1.165, 1.54) is 0 Å². The smallest absolute Gasteiger partial charge is 0.128 e. The van der Waals surface area contributed by atoms with Crippen molar-refractivity contribution in [2.45, 2.75) is 19.5 Å². The third kappa shape index (κ3) is 2.19. The average Bonchev–Trinajstić information content (AvgIpc) is 2.79. The summed E-state index contributed by atoms with van der Waals surface area (Å²) >= 11 is 0. The summed E-state index contributed by atoms with van der Waals surface area (Å²) in [4.78, 5) is 0. The molecule has 0 aliphatic carbocycles. The van der Waals surface area contributed by atoms with Gasteiger partial charge in [0.1, 0.15) is 11.6 Å². The van der Waals surface area contributed by atoms with Gasteiger partial charge in [-0.05, 0) is 31.2 Å². The van der Waals surface area contributed by atoms with Crippen molar-refractivity contribution in [3.05, 3.63) is 53.4 Å². The van der Waals surface area contributed by atoms with E-state index in [0.29, 0.717) is 12.2 Å². The van der Waals surface area contributed by atoms with Crippen molar-refractivity contribution in [3.8, 4) is 0 Å². The summed E-state index contributed by atoms with van der Waals surface area (Å²) in [6, 6.07) is 4.26. The minimum absolute atomic E-state index is 0.139. The van der Waals surface area contributed by atoms with Crippen LogP contribution in [0.3, 0.4) is 0 Å². The molecule has 1 heterocycles. The quantitative estimate of drug-likeness (QED) is 0.889. The lowest BCUT2D eigenvalue weighted by molar-refractivity contribution is 0.555. The maximum atomic E-state index is 13.6. The van der Waals surface area contributed by atoms with Crippen molar-refractivity contribution in [2.24, 2.45) is 5.73 Å². The molecule has 0 fully saturated rings. The molecule has 2 aromatic rings. The van der Waals surface area contributed by atoms with Gasteiger partial charge in [0.05, 0.1) is 11.7 Å². The van der Waals surface area contributed by atoms with Gasteiger partial charge >= 0.3 is 0 Å². The molecule has 0 aliphatic heterocycles. The van der Waals surface area contributed by atoms with E-state index < -0.39 is 17.7 Å². The lowest BCUT2D eigenvalue weighted by Gasteiger charge is -2.14. The zero-order valence-corrected chi connectivity index (χ0v) is 9.40. The highest BCUT2D eigenvalue weighted by molar-refractivity contribution is 5.29. The Balaban J connectivity index is 2.43. The van der Waals surface area contributed by atoms with Crippen LogP contribution in [0.25, 0.3) is 0 Å². The van der Waals surface area contributed by atoms with Crippen LogP contribution in [-0.2, 0) is 6.54 Å². The molecule has 0 radical (unpaired) electrons. The van der Waals surface area contributed by atoms with Crippen LogP contribution in [0.5, 0.6) is 0 Å². The highest BCUT2D eigenvalue weighted by atomic mass is 19.1. The number of nitrogens with two attached hydrogens (primary N) is 1. The lowest BCUT2D eigenvalue weighted by atomic mass is 10.0. The summed E-state index contributed by atoms with van der Waals surface area (Å²) in [6.07, 6.45) is 1.59. The lowest BCUT2D eigenvalue weighted by Crippen LogP contribution is -2.18. The molecule has 1 aromatic heterocycles. The van der Waals surface area contributed by atoms with Gasteiger partial charge in [0, 0.05) is 18.3 Å². The average molecular weight is 237 g/mol. The van der Waals surface area contributed by atoms with Gasteiger partial charge in [0.2, 0.25) is 0 Å². The molecule has 1 unspecified atom stereocenters. The number of benzene rings is 1. The van der Waals surface area contributed by atoms with Gasteiger partial charge < -0.3 is 5.73 Å². The molecule has 0 saturated heterocycles. The number of aromatic nitrogens is 2. The first kappa shape index (κ1) is 11.7. The van der Waals surface area contributed by atoms with Crippen LogP contribution in [0.2, 0.25) is 0 Å². The van der Waals surface area contributed by atoms with Crippen LogP contribution >= 0.6 is 0 Å². The molecule has 2 N–H and O–H groups in total. The first-order chi connectivity index (χ1) is 8.13. The molecule has 1 atom stereocenters. The van der Waals surface area contributed by atoms with Crippen LogP contribution in [0, 0.1) is 11.6 Å². The molecule has 2 rings (SSSR count). The summed E-state index contributed by atoms with van der Waals surface area (Å²) in [5, 5.41) is 4.05. The Bertz CT molecular complexity index is 522. The molecule has 0 bridgehead atoms. The van der Waals surface area contributed by atoms with Crippen molar-refractivity contribution in [1.29, 1.82) is 0 Å². The predicted molar refractivity (Wildman–Crippen MR) is 60.3 cm³/mol. The summed E-state index contributed by atoms with van der Waals surface area (Å²) in [7, 11) is 0. The van der Waals surface area contributed by atoms with E-state index in [1.54, 1.807) is 16.9 Å². The third-order valence-electron chi connectivity index (χ3n) is 2.66. The van der Waals surface area contributed by atoms with Gasteiger partial charge in [-0.15, -0.1) is 0 Å². The molecule has 0 amide bonds. The summed E-state index contributed by atoms with van der Waals surface area (Å²) in [5.74, 6) is -1.01. The standard InChI is InChI=1S/C12H13F2N3/c1-2-17-11(5-6-16-17)12(15)9-7-8(13)3-4-10(9)14/h3-7,12H,2,15H2,1H3. The summed E-state index contributed by atoms with van der Waals surface area (Å²) in [5.41, 5.74) is 6.74. The van der Waals surface area contributed by atoms with Gasteiger partial charge in [-0.3, -0.25) is 4.68 Å². The Morgan fingerprint density at radius 2 is 2.12 bits per heavy atom. The van der Waals surface area contributed by atoms with Crippen molar-refractivity contribution in [3.63, 3.8) is 0 Å². The maximum absolute atomic E-state index is 13.6. The van der Waals surface area contributed by atoms with Crippen LogP contribution in [-0.4, -0.2) is 9.78 Å². The zero-order valence-electron chi connectivity index (χ0n) is 9.40. The molecule has 0 saturated carbocycles. The number of aryl methyl sites for hydroxylation is 1. The number of nitrogens with zero attached hydrogens (tertiary/aromatic N) is 2. The van der Waals surface area contributed by atoms with E-state index in [9.17, 15) is 8.78 Å². The number of halogens is 2. The van der Waals surface area contributed by atoms with E-state index in [1.807, 2.05) is 6.92 Å². The Morgan fingerprint density at radius 3 is 2.82 bits per heavy atom. The van der Waals surface area contributed by atoms with Gasteiger partial charge in [0.25, 0.3) is 0 Å². The topological polar surface area (TPSA) is 43.8 Å². The highest BCUT2D eigenvalue weighted by Crippen LogP contribution is 2.22. The second-order valence-corrected chi connectivity index (χ2v) is 3.72. The normalized spacial score (nSPS) is 12.7. The molecule has 90 valence electrons. The molecule has 5 heteroatoms. The van der Waals surface area contributed by atoms with E-state index in [-0.39, 0.29) is 5.56 Å². The van der Waals surface area contributed by atoms with Gasteiger partial charge in [0.15, 0.2) is 0 Å². The Hall–Kier alpha value is -1.75. The van der Waals surface area contributed by atoms with Crippen LogP contribution < -0.4 is 5.73 Å². The Labute approximate surface area is 97.9 Å². The summed E-state index contributed by atoms with van der Waals surface area (Å²) in [6.45, 7) is 2.54. The first-order valence-corrected chi connectivity index (χ1v) is 5.35. The molecule has 3 nitrogen and oxygen atoms in total. The van der Waals surface area contributed by atoms with Crippen molar-refractivity contribution >= 4 is 0 Å². The third-order valence-corrected chi connectivity index (χ3v) is 2.66. The minimum Gasteiger partial charge on any atom is -0.319 e. The van der Waals surface area contributed by atoms with Crippen LogP contribution in [0.4, 0.5) is 8.78 Å². The largest absolute Gasteiger partial charge is 0.319 e. The fourth-order valence-electron chi connectivity index (χ4n) is 1.78. The van der Waals surface area contributed by atoms with Crippen LogP contribution in [0.15, 0.2) is 30.5 Å². The second kappa shape index (κ2) is 4.63. The molecule has 1 aromatic carbocycles. The van der Waals surface area contributed by atoms with Crippen molar-refractivity contribution in [1.82, 2.24) is 9.78 Å². The number of hydrogen-bond acceptors (Lipinski definition) is 2. The first-order valence-electron chi connectivity index (χ1n) is 5.35. The molecule has 0 spiro atoms. The fraction of sp³-hybridized carbons (Fsp3) is 0.250. The number of hydrogen-bond donors (Lipinski definition) is 1. The minimum atomic E-state index is -0.715. The Kier molecular flexibility index (Phi) is 3.19. The monoisotopic (exact) mass is 237 g/mol. The SMILES string of the molecule is CCn1nccc1C(N)c1cc(F)ccc1F. The van der Waals surface area contributed by atoms with E-state index in [0.717, 1.165) is 18.2 Å². The molecular weight excluding hydrogens is 224 g/mol. The second-order valence-electron chi connectivity index (χ2n) is 3.72. The van der Waals surface area contributed by atoms with E-state index in [2.05, 4.69) is 5.10 Å². The zero-order chi connectivity index (χ0) is 12.4. The van der Waals surface area contributed by atoms with Gasteiger partial charge in [-0.2, -0.15) is 5.10 Å². The van der Waals surface area contributed by atoms with Gasteiger partial charge in [-0.25, -0.2) is 8.78 Å². The van der Waals surface area contributed by atoms with Crippen molar-refractivity contribution in [2.75, 3.05) is 0 Å². The number of rotatable bonds is 3. The Morgan fingerprint density at radius 1 is 1.35 bits per heavy atom. The van der Waals surface area contributed by atoms with E-state index in [4.69, 9.17) is 5.73 Å². The maximum Gasteiger partial charge on any atom is 0.128 e. The van der Waals surface area contributed by atoms with Gasteiger partial charge in [-0.1, -0.05) is 0 Å². The predicted octanol–water partition coefficient (Wildman–Crippen LogP) is 2.23. The molecule has 0 aliphatic rings. The highest BCUT2D eigenvalue weighted by Gasteiger charge is 2.17. The summed E-state index contributed by atoms with van der Waals surface area (Å²) < 4.78 is 28.3. The fourth-order valence-corrected chi connectivity index (χ4v) is 1.78.